The second kappa shape index (κ2) is 5.61. The molecule has 4 N–H and O–H groups in total. The Kier molecular flexibility index (Phi) is 3.89. The average Bonchev–Trinajstić information content (AvgIpc) is 2.46. The largest absolute Gasteiger partial charge is 0.366 e. The lowest BCUT2D eigenvalue weighted by Crippen LogP contribution is -2.33. The van der Waals surface area contributed by atoms with Crippen LogP contribution >= 0.6 is 0 Å². The molecule has 20 heavy (non-hydrogen) atoms. The van der Waals surface area contributed by atoms with Gasteiger partial charge in [-0.1, -0.05) is 30.3 Å². The lowest BCUT2D eigenvalue weighted by molar-refractivity contribution is -0.114. The molecule has 2 amide bonds. The minimum Gasteiger partial charge on any atom is -0.366 e. The van der Waals surface area contributed by atoms with E-state index in [-0.39, 0.29) is 11.6 Å². The Morgan fingerprint density at radius 2 is 1.80 bits per heavy atom. The molecule has 104 valence electrons. The smallest absolute Gasteiger partial charge is 0.250 e. The third-order valence-corrected chi connectivity index (χ3v) is 3.37. The third-order valence-electron chi connectivity index (χ3n) is 3.37. The van der Waals surface area contributed by atoms with E-state index in [1.165, 1.54) is 6.08 Å². The van der Waals surface area contributed by atoms with Crippen LogP contribution in [0.4, 0.5) is 0 Å². The van der Waals surface area contributed by atoms with E-state index >= 15 is 0 Å². The van der Waals surface area contributed by atoms with Crippen molar-refractivity contribution in [3.05, 3.63) is 59.3 Å². The molecule has 1 aliphatic rings. The van der Waals surface area contributed by atoms with E-state index in [1.54, 1.807) is 6.20 Å². The molecule has 1 heterocycles. The van der Waals surface area contributed by atoms with Gasteiger partial charge in [-0.3, -0.25) is 9.59 Å². The predicted octanol–water partition coefficient (Wildman–Crippen LogP) is 0.844. The first-order valence-electron chi connectivity index (χ1n) is 6.31. The van der Waals surface area contributed by atoms with Gasteiger partial charge in [0.2, 0.25) is 11.8 Å². The fourth-order valence-electron chi connectivity index (χ4n) is 2.15. The monoisotopic (exact) mass is 271 g/mol. The van der Waals surface area contributed by atoms with E-state index in [1.807, 2.05) is 42.2 Å². The molecule has 0 saturated heterocycles. The number of carbonyl (C=O) groups is 2. The molecule has 0 fully saturated rings. The standard InChI is InChI=1S/C15H17N3O2/c1-10(11-5-3-2-4-6-11)18-8-12(14(16)19)7-13(9-18)15(17)20/h2-8,10H,9H2,1H3,(H2,16,19)(H2,17,20)/t10-/m1/s1. The number of primary amides is 2. The minimum absolute atomic E-state index is 0.00796. The average molecular weight is 271 g/mol. The van der Waals surface area contributed by atoms with Crippen LogP contribution in [0.1, 0.15) is 18.5 Å². The summed E-state index contributed by atoms with van der Waals surface area (Å²) in [5.74, 6) is -1.11. The lowest BCUT2D eigenvalue weighted by atomic mass is 10.0. The van der Waals surface area contributed by atoms with Crippen LogP contribution in [0.25, 0.3) is 0 Å². The number of amides is 2. The van der Waals surface area contributed by atoms with Crippen molar-refractivity contribution in [2.75, 3.05) is 6.54 Å². The van der Waals surface area contributed by atoms with Crippen molar-refractivity contribution in [2.45, 2.75) is 13.0 Å². The van der Waals surface area contributed by atoms with Gasteiger partial charge in [0.05, 0.1) is 11.6 Å². The first-order valence-corrected chi connectivity index (χ1v) is 6.31. The highest BCUT2D eigenvalue weighted by molar-refractivity contribution is 6.00. The molecular weight excluding hydrogens is 254 g/mol. The molecule has 1 aromatic rings. The van der Waals surface area contributed by atoms with Crippen LogP contribution in [0.15, 0.2) is 53.8 Å². The van der Waals surface area contributed by atoms with Gasteiger partial charge in [0.15, 0.2) is 0 Å². The zero-order chi connectivity index (χ0) is 14.7. The molecule has 0 aliphatic carbocycles. The summed E-state index contributed by atoms with van der Waals surface area (Å²) in [6.45, 7) is 2.36. The van der Waals surface area contributed by atoms with Crippen LogP contribution in [-0.4, -0.2) is 23.3 Å². The molecule has 0 aromatic heterocycles. The van der Waals surface area contributed by atoms with Gasteiger partial charge in [-0.25, -0.2) is 0 Å². The predicted molar refractivity (Wildman–Crippen MR) is 76.1 cm³/mol. The van der Waals surface area contributed by atoms with Crippen LogP contribution in [-0.2, 0) is 9.59 Å². The normalized spacial score (nSPS) is 16.1. The summed E-state index contributed by atoms with van der Waals surface area (Å²) in [5.41, 5.74) is 12.4. The summed E-state index contributed by atoms with van der Waals surface area (Å²) >= 11 is 0. The van der Waals surface area contributed by atoms with Gasteiger partial charge in [0.25, 0.3) is 0 Å². The van der Waals surface area contributed by atoms with Crippen LogP contribution in [0.3, 0.4) is 0 Å². The summed E-state index contributed by atoms with van der Waals surface area (Å²) in [6.07, 6.45) is 3.13. The SMILES string of the molecule is C[C@H](c1ccccc1)N1C=C(C(N)=O)C=C(C(N)=O)C1. The quantitative estimate of drug-likeness (QED) is 0.850. The Bertz CT molecular complexity index is 590. The molecule has 1 aliphatic heterocycles. The van der Waals surface area contributed by atoms with Crippen LogP contribution in [0.5, 0.6) is 0 Å². The molecule has 5 nitrogen and oxygen atoms in total. The number of carbonyl (C=O) groups excluding carboxylic acids is 2. The van der Waals surface area contributed by atoms with Crippen molar-refractivity contribution in [1.82, 2.24) is 4.90 Å². The Labute approximate surface area is 117 Å². The number of nitrogens with zero attached hydrogens (tertiary/aromatic N) is 1. The summed E-state index contributed by atoms with van der Waals surface area (Å²) in [6, 6.07) is 9.81. The second-order valence-corrected chi connectivity index (χ2v) is 4.74. The molecule has 1 aromatic carbocycles. The summed E-state index contributed by atoms with van der Waals surface area (Å²) < 4.78 is 0. The van der Waals surface area contributed by atoms with E-state index in [2.05, 4.69) is 0 Å². The number of hydrogen-bond acceptors (Lipinski definition) is 3. The van der Waals surface area contributed by atoms with Crippen LogP contribution in [0.2, 0.25) is 0 Å². The zero-order valence-corrected chi connectivity index (χ0v) is 11.2. The number of hydrogen-bond donors (Lipinski definition) is 2. The first-order chi connectivity index (χ1) is 9.49. The van der Waals surface area contributed by atoms with Gasteiger partial charge in [-0.05, 0) is 18.6 Å². The number of nitrogens with two attached hydrogens (primary N) is 2. The fourth-order valence-corrected chi connectivity index (χ4v) is 2.15. The van der Waals surface area contributed by atoms with Gasteiger partial charge < -0.3 is 16.4 Å². The van der Waals surface area contributed by atoms with Gasteiger partial charge in [0.1, 0.15) is 0 Å². The van der Waals surface area contributed by atoms with Crippen molar-refractivity contribution in [3.63, 3.8) is 0 Å². The van der Waals surface area contributed by atoms with E-state index in [4.69, 9.17) is 11.5 Å². The van der Waals surface area contributed by atoms with Crippen molar-refractivity contribution in [1.29, 1.82) is 0 Å². The van der Waals surface area contributed by atoms with Crippen LogP contribution < -0.4 is 11.5 Å². The Balaban J connectivity index is 2.31. The minimum atomic E-state index is -0.575. The molecule has 0 unspecified atom stereocenters. The van der Waals surface area contributed by atoms with Crippen molar-refractivity contribution in [3.8, 4) is 0 Å². The highest BCUT2D eigenvalue weighted by Crippen LogP contribution is 2.25. The molecule has 1 atom stereocenters. The zero-order valence-electron chi connectivity index (χ0n) is 11.2. The summed E-state index contributed by atoms with van der Waals surface area (Å²) in [5, 5.41) is 0. The van der Waals surface area contributed by atoms with Crippen molar-refractivity contribution < 1.29 is 9.59 Å². The van der Waals surface area contributed by atoms with Crippen LogP contribution in [0, 0.1) is 0 Å². The van der Waals surface area contributed by atoms with E-state index < -0.39 is 11.8 Å². The molecule has 0 bridgehead atoms. The summed E-state index contributed by atoms with van der Waals surface area (Å²) in [4.78, 5) is 24.6. The molecule has 0 saturated carbocycles. The summed E-state index contributed by atoms with van der Waals surface area (Å²) in [7, 11) is 0. The van der Waals surface area contributed by atoms with Gasteiger partial charge in [-0.15, -0.1) is 0 Å². The van der Waals surface area contributed by atoms with E-state index in [0.717, 1.165) is 5.56 Å². The Morgan fingerprint density at radius 3 is 2.35 bits per heavy atom. The maximum atomic E-state index is 11.4. The maximum absolute atomic E-state index is 11.4. The Hall–Kier alpha value is -2.56. The fraction of sp³-hybridized carbons (Fsp3) is 0.200. The molecule has 0 spiro atoms. The topological polar surface area (TPSA) is 89.4 Å². The second-order valence-electron chi connectivity index (χ2n) is 4.74. The molecule has 0 radical (unpaired) electrons. The number of rotatable bonds is 4. The maximum Gasteiger partial charge on any atom is 0.250 e. The highest BCUT2D eigenvalue weighted by Gasteiger charge is 2.22. The van der Waals surface area contributed by atoms with Gasteiger partial charge >= 0.3 is 0 Å². The van der Waals surface area contributed by atoms with Crippen molar-refractivity contribution >= 4 is 11.8 Å². The highest BCUT2D eigenvalue weighted by atomic mass is 16.1. The number of benzene rings is 1. The van der Waals surface area contributed by atoms with Gasteiger partial charge in [0, 0.05) is 18.3 Å². The third kappa shape index (κ3) is 2.88. The van der Waals surface area contributed by atoms with Gasteiger partial charge in [-0.2, -0.15) is 0 Å². The first kappa shape index (κ1) is 13.9. The molecule has 5 heteroatoms. The van der Waals surface area contributed by atoms with Crippen molar-refractivity contribution in [2.24, 2.45) is 11.5 Å². The molecule has 2 rings (SSSR count). The van der Waals surface area contributed by atoms with E-state index in [0.29, 0.717) is 12.1 Å². The molecular formula is C15H17N3O2. The lowest BCUT2D eigenvalue weighted by Gasteiger charge is -2.31. The van der Waals surface area contributed by atoms with E-state index in [9.17, 15) is 9.59 Å². The Morgan fingerprint density at radius 1 is 1.15 bits per heavy atom.